The number of carbonyl (C=O) groups is 2. The van der Waals surface area contributed by atoms with Crippen molar-refractivity contribution in [2.75, 3.05) is 13.7 Å². The normalized spacial score (nSPS) is 20.8. The Labute approximate surface area is 146 Å². The SMILES string of the molecule is COC(=O)CCN(C(=O)c1ccccc1Br)C1CCCCC1C. The molecule has 0 aliphatic heterocycles. The third-order valence-electron chi connectivity index (χ3n) is 4.62. The molecule has 1 aromatic carbocycles. The van der Waals surface area contributed by atoms with Crippen LogP contribution >= 0.6 is 15.9 Å². The van der Waals surface area contributed by atoms with Crippen LogP contribution in [0.5, 0.6) is 0 Å². The zero-order chi connectivity index (χ0) is 16.8. The molecular formula is C18H24BrNO3. The van der Waals surface area contributed by atoms with Gasteiger partial charge in [-0.25, -0.2) is 0 Å². The van der Waals surface area contributed by atoms with Crippen molar-refractivity contribution in [3.05, 3.63) is 34.3 Å². The van der Waals surface area contributed by atoms with Crippen molar-refractivity contribution in [2.24, 2.45) is 5.92 Å². The molecule has 2 rings (SSSR count). The molecule has 126 valence electrons. The molecule has 0 radical (unpaired) electrons. The van der Waals surface area contributed by atoms with Crippen molar-refractivity contribution in [3.8, 4) is 0 Å². The van der Waals surface area contributed by atoms with Gasteiger partial charge in [0.15, 0.2) is 0 Å². The number of halogens is 1. The Morgan fingerprint density at radius 1 is 1.26 bits per heavy atom. The van der Waals surface area contributed by atoms with E-state index in [-0.39, 0.29) is 24.3 Å². The topological polar surface area (TPSA) is 46.6 Å². The lowest BCUT2D eigenvalue weighted by Gasteiger charge is -2.38. The van der Waals surface area contributed by atoms with E-state index >= 15 is 0 Å². The predicted molar refractivity (Wildman–Crippen MR) is 93.2 cm³/mol. The molecule has 1 fully saturated rings. The fourth-order valence-corrected chi connectivity index (χ4v) is 3.74. The fourth-order valence-electron chi connectivity index (χ4n) is 3.28. The monoisotopic (exact) mass is 381 g/mol. The summed E-state index contributed by atoms with van der Waals surface area (Å²) in [4.78, 5) is 26.5. The van der Waals surface area contributed by atoms with Crippen LogP contribution in [0.15, 0.2) is 28.7 Å². The molecule has 23 heavy (non-hydrogen) atoms. The summed E-state index contributed by atoms with van der Waals surface area (Å²) in [5.41, 5.74) is 0.648. The molecule has 2 atom stereocenters. The number of ether oxygens (including phenoxy) is 1. The van der Waals surface area contributed by atoms with Gasteiger partial charge in [-0.3, -0.25) is 9.59 Å². The summed E-state index contributed by atoms with van der Waals surface area (Å²) in [5, 5.41) is 0. The second-order valence-corrected chi connectivity index (χ2v) is 6.99. The number of hydrogen-bond donors (Lipinski definition) is 0. The van der Waals surface area contributed by atoms with Gasteiger partial charge in [0, 0.05) is 17.1 Å². The molecule has 1 aromatic rings. The smallest absolute Gasteiger partial charge is 0.307 e. The van der Waals surface area contributed by atoms with Crippen LogP contribution in [0.2, 0.25) is 0 Å². The quantitative estimate of drug-likeness (QED) is 0.723. The van der Waals surface area contributed by atoms with Crippen molar-refractivity contribution in [1.82, 2.24) is 4.90 Å². The molecule has 1 aliphatic rings. The van der Waals surface area contributed by atoms with Gasteiger partial charge in [-0.2, -0.15) is 0 Å². The Kier molecular flexibility index (Phi) is 6.63. The van der Waals surface area contributed by atoms with Crippen molar-refractivity contribution >= 4 is 27.8 Å². The number of benzene rings is 1. The number of esters is 1. The van der Waals surface area contributed by atoms with E-state index in [1.165, 1.54) is 13.5 Å². The van der Waals surface area contributed by atoms with Gasteiger partial charge >= 0.3 is 5.97 Å². The highest BCUT2D eigenvalue weighted by Gasteiger charge is 2.31. The fraction of sp³-hybridized carbons (Fsp3) is 0.556. The van der Waals surface area contributed by atoms with Crippen LogP contribution in [0.25, 0.3) is 0 Å². The van der Waals surface area contributed by atoms with E-state index in [1.807, 2.05) is 29.2 Å². The molecule has 5 heteroatoms. The first-order chi connectivity index (χ1) is 11.0. The van der Waals surface area contributed by atoms with Gasteiger partial charge < -0.3 is 9.64 Å². The molecule has 1 amide bonds. The van der Waals surface area contributed by atoms with Crippen molar-refractivity contribution in [1.29, 1.82) is 0 Å². The van der Waals surface area contributed by atoms with E-state index in [9.17, 15) is 9.59 Å². The lowest BCUT2D eigenvalue weighted by atomic mass is 9.84. The van der Waals surface area contributed by atoms with Crippen LogP contribution in [-0.2, 0) is 9.53 Å². The lowest BCUT2D eigenvalue weighted by molar-refractivity contribution is -0.141. The van der Waals surface area contributed by atoms with Crippen molar-refractivity contribution in [2.45, 2.75) is 45.1 Å². The molecule has 2 unspecified atom stereocenters. The maximum absolute atomic E-state index is 13.1. The van der Waals surface area contributed by atoms with Crippen LogP contribution in [0, 0.1) is 5.92 Å². The molecule has 0 saturated heterocycles. The van der Waals surface area contributed by atoms with Gasteiger partial charge in [-0.1, -0.05) is 31.9 Å². The van der Waals surface area contributed by atoms with Gasteiger partial charge in [-0.15, -0.1) is 0 Å². The second-order valence-electron chi connectivity index (χ2n) is 6.13. The van der Waals surface area contributed by atoms with E-state index in [4.69, 9.17) is 4.74 Å². The maximum Gasteiger partial charge on any atom is 0.307 e. The van der Waals surface area contributed by atoms with Gasteiger partial charge in [-0.05, 0) is 46.8 Å². The van der Waals surface area contributed by atoms with E-state index in [1.54, 1.807) is 0 Å². The Hall–Kier alpha value is -1.36. The minimum Gasteiger partial charge on any atom is -0.469 e. The standard InChI is InChI=1S/C18H24BrNO3/c1-13-7-3-6-10-16(13)20(12-11-17(21)23-2)18(22)14-8-4-5-9-15(14)19/h4-5,8-9,13,16H,3,6-7,10-12H2,1-2H3. The van der Waals surface area contributed by atoms with E-state index in [0.29, 0.717) is 18.0 Å². The van der Waals surface area contributed by atoms with Crippen LogP contribution in [0.4, 0.5) is 0 Å². The molecule has 0 N–H and O–H groups in total. The van der Waals surface area contributed by atoms with Gasteiger partial charge in [0.2, 0.25) is 0 Å². The summed E-state index contributed by atoms with van der Waals surface area (Å²) in [5.74, 6) is 0.159. The summed E-state index contributed by atoms with van der Waals surface area (Å²) in [6.45, 7) is 2.60. The van der Waals surface area contributed by atoms with Crippen molar-refractivity contribution in [3.63, 3.8) is 0 Å². The number of carbonyl (C=O) groups excluding carboxylic acids is 2. The van der Waals surface area contributed by atoms with Crippen LogP contribution in [0.3, 0.4) is 0 Å². The highest BCUT2D eigenvalue weighted by Crippen LogP contribution is 2.30. The zero-order valence-electron chi connectivity index (χ0n) is 13.8. The van der Waals surface area contributed by atoms with Gasteiger partial charge in [0.1, 0.15) is 0 Å². The number of amides is 1. The summed E-state index contributed by atoms with van der Waals surface area (Å²) in [6.07, 6.45) is 4.70. The minimum absolute atomic E-state index is 0.0138. The molecule has 4 nitrogen and oxygen atoms in total. The van der Waals surface area contributed by atoms with E-state index in [0.717, 1.165) is 23.7 Å². The van der Waals surface area contributed by atoms with Gasteiger partial charge in [0.05, 0.1) is 19.1 Å². The first-order valence-corrected chi connectivity index (χ1v) is 8.96. The Bertz CT molecular complexity index is 561. The Balaban J connectivity index is 2.23. The maximum atomic E-state index is 13.1. The van der Waals surface area contributed by atoms with Crippen LogP contribution in [-0.4, -0.2) is 36.5 Å². The summed E-state index contributed by atoms with van der Waals surface area (Å²) < 4.78 is 5.53. The lowest BCUT2D eigenvalue weighted by Crippen LogP contribution is -2.46. The molecule has 0 spiro atoms. The van der Waals surface area contributed by atoms with E-state index in [2.05, 4.69) is 22.9 Å². The minimum atomic E-state index is -0.279. The highest BCUT2D eigenvalue weighted by atomic mass is 79.9. The van der Waals surface area contributed by atoms with Gasteiger partial charge in [0.25, 0.3) is 5.91 Å². The van der Waals surface area contributed by atoms with Crippen LogP contribution < -0.4 is 0 Å². The summed E-state index contributed by atoms with van der Waals surface area (Å²) in [7, 11) is 1.38. The molecular weight excluding hydrogens is 358 g/mol. The Morgan fingerprint density at radius 2 is 1.96 bits per heavy atom. The summed E-state index contributed by atoms with van der Waals surface area (Å²) >= 11 is 3.46. The largest absolute Gasteiger partial charge is 0.469 e. The predicted octanol–water partition coefficient (Wildman–Crippen LogP) is 4.03. The molecule has 1 saturated carbocycles. The Morgan fingerprint density at radius 3 is 2.61 bits per heavy atom. The average Bonchev–Trinajstić information content (AvgIpc) is 2.56. The third-order valence-corrected chi connectivity index (χ3v) is 5.31. The first kappa shape index (κ1) is 18.0. The first-order valence-electron chi connectivity index (χ1n) is 8.17. The third kappa shape index (κ3) is 4.56. The molecule has 0 bridgehead atoms. The number of methoxy groups -OCH3 is 1. The number of nitrogens with zero attached hydrogens (tertiary/aromatic N) is 1. The summed E-state index contributed by atoms with van der Waals surface area (Å²) in [6, 6.07) is 7.64. The van der Waals surface area contributed by atoms with E-state index < -0.39 is 0 Å². The number of hydrogen-bond acceptors (Lipinski definition) is 3. The zero-order valence-corrected chi connectivity index (χ0v) is 15.3. The highest BCUT2D eigenvalue weighted by molar-refractivity contribution is 9.10. The molecule has 0 aromatic heterocycles. The second kappa shape index (κ2) is 8.48. The molecule has 0 heterocycles. The molecule has 1 aliphatic carbocycles. The van der Waals surface area contributed by atoms with Crippen molar-refractivity contribution < 1.29 is 14.3 Å². The van der Waals surface area contributed by atoms with Crippen LogP contribution in [0.1, 0.15) is 49.4 Å². The average molecular weight is 382 g/mol. The number of rotatable bonds is 5.